The van der Waals surface area contributed by atoms with Gasteiger partial charge in [0.1, 0.15) is 0 Å². The normalized spacial score (nSPS) is 18.9. The number of allylic oxidation sites excluding steroid dienone is 4. The SMILES string of the molecule is CO[PH](=O)C(C)(C)OC1=CC=CCC1. The number of hydrogen-bond donors (Lipinski definition) is 0. The van der Waals surface area contributed by atoms with Crippen molar-refractivity contribution in [3.63, 3.8) is 0 Å². The van der Waals surface area contributed by atoms with Crippen LogP contribution in [0.5, 0.6) is 0 Å². The van der Waals surface area contributed by atoms with Crippen LogP contribution in [0.25, 0.3) is 0 Å². The molecule has 0 saturated carbocycles. The van der Waals surface area contributed by atoms with Crippen molar-refractivity contribution in [3.8, 4) is 0 Å². The van der Waals surface area contributed by atoms with Crippen LogP contribution in [0.4, 0.5) is 0 Å². The van der Waals surface area contributed by atoms with Crippen molar-refractivity contribution in [2.24, 2.45) is 0 Å². The van der Waals surface area contributed by atoms with E-state index in [0.717, 1.165) is 18.6 Å². The van der Waals surface area contributed by atoms with Gasteiger partial charge in [0.05, 0.1) is 5.76 Å². The Balaban J connectivity index is 2.62. The molecule has 0 fully saturated rings. The Labute approximate surface area is 85.7 Å². The molecule has 0 aliphatic heterocycles. The van der Waals surface area contributed by atoms with Crippen LogP contribution in [0.3, 0.4) is 0 Å². The van der Waals surface area contributed by atoms with Crippen molar-refractivity contribution >= 4 is 8.03 Å². The summed E-state index contributed by atoms with van der Waals surface area (Å²) in [5, 5.41) is -0.712. The molecule has 0 aromatic rings. The molecule has 0 bridgehead atoms. The summed E-state index contributed by atoms with van der Waals surface area (Å²) in [6.45, 7) is 3.58. The summed E-state index contributed by atoms with van der Waals surface area (Å²) in [4.78, 5) is 0. The molecular weight excluding hydrogens is 199 g/mol. The van der Waals surface area contributed by atoms with Gasteiger partial charge in [0.2, 0.25) is 8.03 Å². The quantitative estimate of drug-likeness (QED) is 0.677. The molecule has 0 spiro atoms. The Morgan fingerprint density at radius 2 is 2.21 bits per heavy atom. The summed E-state index contributed by atoms with van der Waals surface area (Å²) in [5.41, 5.74) is 0. The van der Waals surface area contributed by atoms with Gasteiger partial charge in [-0.3, -0.25) is 4.57 Å². The van der Waals surface area contributed by atoms with Crippen LogP contribution in [-0.2, 0) is 13.8 Å². The highest BCUT2D eigenvalue weighted by Crippen LogP contribution is 2.41. The van der Waals surface area contributed by atoms with Crippen LogP contribution in [0.15, 0.2) is 24.0 Å². The van der Waals surface area contributed by atoms with Crippen molar-refractivity contribution in [2.45, 2.75) is 32.0 Å². The van der Waals surface area contributed by atoms with Crippen molar-refractivity contribution < 1.29 is 13.8 Å². The van der Waals surface area contributed by atoms with Crippen LogP contribution in [0.1, 0.15) is 26.7 Å². The fourth-order valence-corrected chi connectivity index (χ4v) is 1.99. The zero-order valence-electron chi connectivity index (χ0n) is 8.87. The maximum atomic E-state index is 11.5. The average molecular weight is 216 g/mol. The molecule has 1 aliphatic carbocycles. The van der Waals surface area contributed by atoms with Crippen molar-refractivity contribution in [3.05, 3.63) is 24.0 Å². The number of rotatable bonds is 4. The van der Waals surface area contributed by atoms with E-state index in [1.165, 1.54) is 7.11 Å². The average Bonchev–Trinajstić information content (AvgIpc) is 2.17. The summed E-state index contributed by atoms with van der Waals surface area (Å²) in [7, 11) is -0.695. The van der Waals surface area contributed by atoms with Crippen LogP contribution < -0.4 is 0 Å². The lowest BCUT2D eigenvalue weighted by Gasteiger charge is -2.26. The molecule has 80 valence electrons. The third-order valence-corrected chi connectivity index (χ3v) is 3.49. The lowest BCUT2D eigenvalue weighted by molar-refractivity contribution is 0.0901. The largest absolute Gasteiger partial charge is 0.482 e. The predicted molar refractivity (Wildman–Crippen MR) is 57.6 cm³/mol. The molecule has 0 radical (unpaired) electrons. The Bertz CT molecular complexity index is 279. The Morgan fingerprint density at radius 1 is 1.50 bits per heavy atom. The smallest absolute Gasteiger partial charge is 0.233 e. The van der Waals surface area contributed by atoms with Crippen molar-refractivity contribution in [1.29, 1.82) is 0 Å². The Morgan fingerprint density at radius 3 is 2.71 bits per heavy atom. The highest BCUT2D eigenvalue weighted by Gasteiger charge is 2.28. The fourth-order valence-electron chi connectivity index (χ4n) is 1.28. The van der Waals surface area contributed by atoms with Crippen LogP contribution in [-0.4, -0.2) is 12.5 Å². The zero-order valence-corrected chi connectivity index (χ0v) is 9.87. The predicted octanol–water partition coefficient (Wildman–Crippen LogP) is 3.09. The van der Waals surface area contributed by atoms with Crippen LogP contribution in [0.2, 0.25) is 0 Å². The van der Waals surface area contributed by atoms with Crippen molar-refractivity contribution in [2.75, 3.05) is 7.11 Å². The summed E-state index contributed by atoms with van der Waals surface area (Å²) >= 11 is 0. The van der Waals surface area contributed by atoms with Crippen LogP contribution >= 0.6 is 8.03 Å². The van der Waals surface area contributed by atoms with Gasteiger partial charge in [-0.25, -0.2) is 0 Å². The molecule has 3 nitrogen and oxygen atoms in total. The van der Waals surface area contributed by atoms with Gasteiger partial charge in [0.25, 0.3) is 0 Å². The number of hydrogen-bond acceptors (Lipinski definition) is 3. The third-order valence-electron chi connectivity index (χ3n) is 2.04. The molecule has 0 saturated heterocycles. The van der Waals surface area contributed by atoms with E-state index in [4.69, 9.17) is 9.26 Å². The first-order valence-corrected chi connectivity index (χ1v) is 6.01. The molecule has 0 heterocycles. The van der Waals surface area contributed by atoms with E-state index in [1.54, 1.807) is 13.8 Å². The van der Waals surface area contributed by atoms with E-state index in [-0.39, 0.29) is 0 Å². The second-order valence-corrected chi connectivity index (χ2v) is 5.89. The first-order chi connectivity index (χ1) is 6.56. The Hall–Kier alpha value is -0.530. The minimum atomic E-state index is -2.14. The van der Waals surface area contributed by atoms with Gasteiger partial charge in [-0.1, -0.05) is 12.2 Å². The molecule has 4 heteroatoms. The molecule has 1 atom stereocenters. The molecule has 14 heavy (non-hydrogen) atoms. The van der Waals surface area contributed by atoms with Crippen LogP contribution in [0, 0.1) is 0 Å². The second kappa shape index (κ2) is 4.81. The van der Waals surface area contributed by atoms with Gasteiger partial charge >= 0.3 is 0 Å². The molecule has 1 rings (SSSR count). The van der Waals surface area contributed by atoms with Gasteiger partial charge < -0.3 is 9.26 Å². The zero-order chi connectivity index (χ0) is 10.6. The summed E-state index contributed by atoms with van der Waals surface area (Å²) < 4.78 is 22.0. The standard InChI is InChI=1S/C10H17O3P/c1-10(2,14(11)12-3)13-9-7-5-4-6-8-9/h4-5,7,14H,6,8H2,1-3H3. The van der Waals surface area contributed by atoms with E-state index in [1.807, 2.05) is 12.2 Å². The minimum Gasteiger partial charge on any atom is -0.482 e. The monoisotopic (exact) mass is 216 g/mol. The highest BCUT2D eigenvalue weighted by molar-refractivity contribution is 7.40. The van der Waals surface area contributed by atoms with Crippen molar-refractivity contribution in [1.82, 2.24) is 0 Å². The molecule has 0 aromatic heterocycles. The first kappa shape index (κ1) is 11.5. The molecule has 1 unspecified atom stereocenters. The maximum Gasteiger partial charge on any atom is 0.233 e. The fraction of sp³-hybridized carbons (Fsp3) is 0.600. The summed E-state index contributed by atoms with van der Waals surface area (Å²) in [6, 6.07) is 0. The Kier molecular flexibility index (Phi) is 3.97. The van der Waals surface area contributed by atoms with E-state index in [0.29, 0.717) is 0 Å². The van der Waals surface area contributed by atoms with Gasteiger partial charge in [-0.2, -0.15) is 0 Å². The molecule has 0 aromatic carbocycles. The van der Waals surface area contributed by atoms with E-state index < -0.39 is 13.4 Å². The topological polar surface area (TPSA) is 35.5 Å². The summed E-state index contributed by atoms with van der Waals surface area (Å²) in [6.07, 6.45) is 7.81. The molecular formula is C10H17O3P. The second-order valence-electron chi connectivity index (χ2n) is 3.70. The highest BCUT2D eigenvalue weighted by atomic mass is 31.1. The van der Waals surface area contributed by atoms with Gasteiger partial charge in [0.15, 0.2) is 5.34 Å². The maximum absolute atomic E-state index is 11.5. The van der Waals surface area contributed by atoms with E-state index in [2.05, 4.69) is 6.08 Å². The first-order valence-electron chi connectivity index (χ1n) is 4.69. The van der Waals surface area contributed by atoms with Gasteiger partial charge in [0, 0.05) is 13.5 Å². The summed E-state index contributed by atoms with van der Waals surface area (Å²) in [5.74, 6) is 0.882. The number of ether oxygens (including phenoxy) is 1. The molecule has 0 N–H and O–H groups in total. The minimum absolute atomic E-state index is 0.712. The van der Waals surface area contributed by atoms with Gasteiger partial charge in [-0.05, 0) is 26.3 Å². The molecule has 0 amide bonds. The lowest BCUT2D eigenvalue weighted by Crippen LogP contribution is -2.20. The molecule has 1 aliphatic rings. The van der Waals surface area contributed by atoms with Gasteiger partial charge in [-0.15, -0.1) is 0 Å². The van der Waals surface area contributed by atoms with E-state index in [9.17, 15) is 4.57 Å². The third kappa shape index (κ3) is 3.00. The van der Waals surface area contributed by atoms with E-state index >= 15 is 0 Å². The lowest BCUT2D eigenvalue weighted by atomic mass is 10.2.